The van der Waals surface area contributed by atoms with Gasteiger partial charge in [0.15, 0.2) is 5.16 Å². The molecule has 0 spiro atoms. The van der Waals surface area contributed by atoms with Crippen LogP contribution in [0.4, 0.5) is 4.39 Å². The van der Waals surface area contributed by atoms with Crippen molar-refractivity contribution in [2.75, 3.05) is 5.75 Å². The van der Waals surface area contributed by atoms with Crippen LogP contribution in [-0.4, -0.2) is 26.4 Å². The van der Waals surface area contributed by atoms with Crippen molar-refractivity contribution < 1.29 is 9.18 Å². The van der Waals surface area contributed by atoms with Crippen molar-refractivity contribution in [1.29, 1.82) is 0 Å². The van der Waals surface area contributed by atoms with Gasteiger partial charge in [-0.2, -0.15) is 0 Å². The Morgan fingerprint density at radius 3 is 2.61 bits per heavy atom. The van der Waals surface area contributed by atoms with Crippen LogP contribution in [0.2, 0.25) is 0 Å². The maximum Gasteiger partial charge on any atom is 0.230 e. The van der Waals surface area contributed by atoms with Gasteiger partial charge in [-0.1, -0.05) is 60.3 Å². The number of nitrogens with zero attached hydrogens (tertiary/aromatic N) is 3. The van der Waals surface area contributed by atoms with E-state index in [0.29, 0.717) is 18.0 Å². The van der Waals surface area contributed by atoms with Crippen molar-refractivity contribution in [3.05, 3.63) is 77.4 Å². The summed E-state index contributed by atoms with van der Waals surface area (Å²) in [6.07, 6.45) is 2.28. The van der Waals surface area contributed by atoms with Crippen molar-refractivity contribution in [3.8, 4) is 0 Å². The first-order chi connectivity index (χ1) is 13.7. The lowest BCUT2D eigenvalue weighted by atomic mass is 10.2. The number of benzene rings is 2. The van der Waals surface area contributed by atoms with Gasteiger partial charge in [0.2, 0.25) is 5.91 Å². The summed E-state index contributed by atoms with van der Waals surface area (Å²) in [5.74, 6) is 1.22. The number of rotatable bonds is 8. The molecular formula is C21H21FN4OS. The summed E-state index contributed by atoms with van der Waals surface area (Å²) >= 11 is 1.36. The standard InChI is InChI=1S/C21H21FN4OS/c22-18-9-5-4-8-17(18)12-23-19(27)14-28-21-25-24-20(16-10-11-16)26(21)13-15-6-2-1-3-7-15/h1-9,16H,10-14H2,(H,23,27). The maximum atomic E-state index is 13.7. The Bertz CT molecular complexity index is 956. The van der Waals surface area contributed by atoms with Gasteiger partial charge in [0.05, 0.1) is 12.3 Å². The van der Waals surface area contributed by atoms with E-state index in [1.807, 2.05) is 18.2 Å². The number of halogens is 1. The van der Waals surface area contributed by atoms with Crippen molar-refractivity contribution >= 4 is 17.7 Å². The smallest absolute Gasteiger partial charge is 0.230 e. The second kappa shape index (κ2) is 8.56. The zero-order valence-electron chi connectivity index (χ0n) is 15.3. The normalized spacial score (nSPS) is 13.5. The monoisotopic (exact) mass is 396 g/mol. The van der Waals surface area contributed by atoms with Crippen LogP contribution < -0.4 is 5.32 Å². The number of thioether (sulfide) groups is 1. The van der Waals surface area contributed by atoms with Gasteiger partial charge in [-0.25, -0.2) is 4.39 Å². The molecule has 1 heterocycles. The summed E-state index contributed by atoms with van der Waals surface area (Å²) < 4.78 is 15.8. The molecule has 0 atom stereocenters. The molecule has 1 fully saturated rings. The second-order valence-corrected chi connectivity index (χ2v) is 7.79. The molecule has 1 saturated carbocycles. The molecule has 1 N–H and O–H groups in total. The minimum atomic E-state index is -0.313. The lowest BCUT2D eigenvalue weighted by Crippen LogP contribution is -2.25. The largest absolute Gasteiger partial charge is 0.351 e. The number of hydrogen-bond donors (Lipinski definition) is 1. The first kappa shape index (κ1) is 18.7. The predicted octanol–water partition coefficient (Wildman–Crippen LogP) is 3.75. The number of nitrogens with one attached hydrogen (secondary N) is 1. The molecule has 1 aliphatic carbocycles. The Kier molecular flexibility index (Phi) is 5.71. The summed E-state index contributed by atoms with van der Waals surface area (Å²) in [5, 5.41) is 12.2. The highest BCUT2D eigenvalue weighted by Crippen LogP contribution is 2.40. The van der Waals surface area contributed by atoms with Gasteiger partial charge in [0.25, 0.3) is 0 Å². The van der Waals surface area contributed by atoms with Crippen molar-refractivity contribution in [2.24, 2.45) is 0 Å². The maximum absolute atomic E-state index is 13.7. The highest BCUT2D eigenvalue weighted by molar-refractivity contribution is 7.99. The zero-order chi connectivity index (χ0) is 19.3. The van der Waals surface area contributed by atoms with E-state index in [1.54, 1.807) is 18.2 Å². The van der Waals surface area contributed by atoms with Crippen LogP contribution >= 0.6 is 11.8 Å². The minimum Gasteiger partial charge on any atom is -0.351 e. The number of amides is 1. The van der Waals surface area contributed by atoms with E-state index in [2.05, 4.69) is 32.2 Å². The van der Waals surface area contributed by atoms with Gasteiger partial charge in [0.1, 0.15) is 11.6 Å². The van der Waals surface area contributed by atoms with Gasteiger partial charge in [-0.05, 0) is 24.5 Å². The molecule has 5 nitrogen and oxygen atoms in total. The summed E-state index contributed by atoms with van der Waals surface area (Å²) in [6.45, 7) is 0.870. The fraction of sp³-hybridized carbons (Fsp3) is 0.286. The zero-order valence-corrected chi connectivity index (χ0v) is 16.2. The van der Waals surface area contributed by atoms with E-state index in [9.17, 15) is 9.18 Å². The molecule has 0 unspecified atom stereocenters. The molecular weight excluding hydrogens is 375 g/mol. The van der Waals surface area contributed by atoms with E-state index in [-0.39, 0.29) is 24.0 Å². The highest BCUT2D eigenvalue weighted by Gasteiger charge is 2.30. The Morgan fingerprint density at radius 2 is 1.86 bits per heavy atom. The summed E-state index contributed by atoms with van der Waals surface area (Å²) in [6, 6.07) is 16.6. The van der Waals surface area contributed by atoms with Gasteiger partial charge in [-0.15, -0.1) is 10.2 Å². The highest BCUT2D eigenvalue weighted by atomic mass is 32.2. The Labute approximate surface area is 167 Å². The molecule has 0 aliphatic heterocycles. The molecule has 0 bridgehead atoms. The van der Waals surface area contributed by atoms with Crippen LogP contribution in [0.5, 0.6) is 0 Å². The van der Waals surface area contributed by atoms with Crippen molar-refractivity contribution in [2.45, 2.75) is 37.0 Å². The Balaban J connectivity index is 1.39. The number of hydrogen-bond acceptors (Lipinski definition) is 4. The topological polar surface area (TPSA) is 59.8 Å². The molecule has 144 valence electrons. The summed E-state index contributed by atoms with van der Waals surface area (Å²) in [7, 11) is 0. The molecule has 4 rings (SSSR count). The van der Waals surface area contributed by atoms with Crippen LogP contribution in [0, 0.1) is 5.82 Å². The van der Waals surface area contributed by atoms with Gasteiger partial charge in [-0.3, -0.25) is 4.79 Å². The van der Waals surface area contributed by atoms with E-state index in [1.165, 1.54) is 23.4 Å². The molecule has 1 aromatic heterocycles. The number of carbonyl (C=O) groups excluding carboxylic acids is 1. The fourth-order valence-electron chi connectivity index (χ4n) is 2.98. The van der Waals surface area contributed by atoms with Crippen molar-refractivity contribution in [1.82, 2.24) is 20.1 Å². The van der Waals surface area contributed by atoms with Crippen LogP contribution in [-0.2, 0) is 17.9 Å². The second-order valence-electron chi connectivity index (χ2n) is 6.84. The van der Waals surface area contributed by atoms with Crippen molar-refractivity contribution in [3.63, 3.8) is 0 Å². The Hall–Kier alpha value is -2.67. The average Bonchev–Trinajstić information content (AvgIpc) is 3.48. The predicted molar refractivity (Wildman–Crippen MR) is 107 cm³/mol. The molecule has 1 aliphatic rings. The molecule has 1 amide bonds. The molecule has 3 aromatic rings. The van der Waals surface area contributed by atoms with Crippen LogP contribution in [0.25, 0.3) is 0 Å². The summed E-state index contributed by atoms with van der Waals surface area (Å²) in [5.41, 5.74) is 1.65. The molecule has 28 heavy (non-hydrogen) atoms. The van der Waals surface area contributed by atoms with Gasteiger partial charge < -0.3 is 9.88 Å². The molecule has 7 heteroatoms. The van der Waals surface area contributed by atoms with E-state index in [0.717, 1.165) is 23.8 Å². The Morgan fingerprint density at radius 1 is 1.11 bits per heavy atom. The quantitative estimate of drug-likeness (QED) is 0.589. The molecule has 2 aromatic carbocycles. The first-order valence-electron chi connectivity index (χ1n) is 9.30. The number of carbonyl (C=O) groups is 1. The SMILES string of the molecule is O=C(CSc1nnc(C2CC2)n1Cc1ccccc1)NCc1ccccc1F. The van der Waals surface area contributed by atoms with Crippen LogP contribution in [0.1, 0.15) is 35.7 Å². The lowest BCUT2D eigenvalue weighted by Gasteiger charge is -2.10. The van der Waals surface area contributed by atoms with Gasteiger partial charge >= 0.3 is 0 Å². The van der Waals surface area contributed by atoms with Crippen LogP contribution in [0.3, 0.4) is 0 Å². The van der Waals surface area contributed by atoms with Gasteiger partial charge in [0, 0.05) is 18.0 Å². The minimum absolute atomic E-state index is 0.157. The van der Waals surface area contributed by atoms with Crippen LogP contribution in [0.15, 0.2) is 59.8 Å². The third kappa shape index (κ3) is 4.59. The van der Waals surface area contributed by atoms with E-state index >= 15 is 0 Å². The molecule has 0 radical (unpaired) electrons. The average molecular weight is 396 g/mol. The third-order valence-corrected chi connectivity index (χ3v) is 5.60. The van der Waals surface area contributed by atoms with E-state index < -0.39 is 0 Å². The lowest BCUT2D eigenvalue weighted by molar-refractivity contribution is -0.118. The summed E-state index contributed by atoms with van der Waals surface area (Å²) in [4.78, 5) is 12.2. The molecule has 0 saturated heterocycles. The third-order valence-electron chi connectivity index (χ3n) is 4.64. The van der Waals surface area contributed by atoms with E-state index in [4.69, 9.17) is 0 Å². The first-order valence-corrected chi connectivity index (χ1v) is 10.3. The fourth-order valence-corrected chi connectivity index (χ4v) is 3.76. The number of aromatic nitrogens is 3.